The summed E-state index contributed by atoms with van der Waals surface area (Å²) in [6.45, 7) is 1.99. The normalized spacial score (nSPS) is 9.90. The van der Waals surface area contributed by atoms with Crippen LogP contribution in [0.25, 0.3) is 0 Å². The molecule has 106 valence electrons. The molecule has 0 unspecified atom stereocenters. The number of nitriles is 1. The van der Waals surface area contributed by atoms with Crippen molar-refractivity contribution in [2.24, 2.45) is 0 Å². The first-order chi connectivity index (χ1) is 10.2. The summed E-state index contributed by atoms with van der Waals surface area (Å²) < 4.78 is 5.67. The van der Waals surface area contributed by atoms with Gasteiger partial charge in [-0.25, -0.2) is 4.98 Å². The number of carbonyl (C=O) groups excluding carboxylic acids is 1. The van der Waals surface area contributed by atoms with Crippen molar-refractivity contribution in [1.29, 1.82) is 5.26 Å². The number of hydrogen-bond donors (Lipinski definition) is 0. The number of pyridine rings is 1. The summed E-state index contributed by atoms with van der Waals surface area (Å²) in [5, 5.41) is 8.79. The first-order valence-electron chi connectivity index (χ1n) is 6.73. The third kappa shape index (κ3) is 4.73. The zero-order valence-corrected chi connectivity index (χ0v) is 11.9. The number of carbonyl (C=O) groups is 1. The van der Waals surface area contributed by atoms with Crippen molar-refractivity contribution in [2.45, 2.75) is 26.4 Å². The van der Waals surface area contributed by atoms with E-state index in [0.29, 0.717) is 18.7 Å². The fourth-order valence-electron chi connectivity index (χ4n) is 1.86. The highest BCUT2D eigenvalue weighted by Gasteiger charge is 2.00. The van der Waals surface area contributed by atoms with Crippen molar-refractivity contribution < 1.29 is 9.53 Å². The number of Topliss-reactive ketones (excluding diaryl/α,β-unsaturated/α-hetero) is 1. The van der Waals surface area contributed by atoms with Crippen LogP contribution in [-0.4, -0.2) is 10.8 Å². The van der Waals surface area contributed by atoms with Crippen LogP contribution in [0.2, 0.25) is 0 Å². The molecule has 2 rings (SSSR count). The van der Waals surface area contributed by atoms with E-state index in [1.807, 2.05) is 36.4 Å². The molecule has 1 aromatic heterocycles. The number of aryl methyl sites for hydroxylation is 1. The highest BCUT2D eigenvalue weighted by atomic mass is 16.5. The van der Waals surface area contributed by atoms with Gasteiger partial charge in [-0.1, -0.05) is 12.1 Å². The minimum Gasteiger partial charge on any atom is -0.489 e. The van der Waals surface area contributed by atoms with Gasteiger partial charge in [0.2, 0.25) is 0 Å². The number of benzene rings is 1. The Labute approximate surface area is 124 Å². The molecule has 2 aromatic rings. The molecule has 0 spiro atoms. The monoisotopic (exact) mass is 280 g/mol. The van der Waals surface area contributed by atoms with Crippen LogP contribution in [0.5, 0.6) is 5.75 Å². The largest absolute Gasteiger partial charge is 0.489 e. The quantitative estimate of drug-likeness (QED) is 0.815. The van der Waals surface area contributed by atoms with Crippen molar-refractivity contribution >= 4 is 5.78 Å². The van der Waals surface area contributed by atoms with Crippen molar-refractivity contribution in [3.63, 3.8) is 0 Å². The summed E-state index contributed by atoms with van der Waals surface area (Å²) in [7, 11) is 0. The molecule has 0 N–H and O–H groups in total. The molecule has 0 amide bonds. The van der Waals surface area contributed by atoms with Gasteiger partial charge in [-0.2, -0.15) is 5.26 Å². The molecule has 0 bridgehead atoms. The molecule has 4 heteroatoms. The molecule has 21 heavy (non-hydrogen) atoms. The second kappa shape index (κ2) is 7.20. The summed E-state index contributed by atoms with van der Waals surface area (Å²) in [5.41, 5.74) is 2.41. The van der Waals surface area contributed by atoms with E-state index in [-0.39, 0.29) is 5.78 Å². The predicted octanol–water partition coefficient (Wildman–Crippen LogP) is 3.05. The van der Waals surface area contributed by atoms with E-state index in [0.717, 1.165) is 23.3 Å². The lowest BCUT2D eigenvalue weighted by Crippen LogP contribution is -1.97. The Morgan fingerprint density at radius 2 is 2.00 bits per heavy atom. The average molecular weight is 280 g/mol. The average Bonchev–Trinajstić information content (AvgIpc) is 2.52. The fourth-order valence-corrected chi connectivity index (χ4v) is 1.86. The predicted molar refractivity (Wildman–Crippen MR) is 78.7 cm³/mol. The second-order valence-electron chi connectivity index (χ2n) is 4.80. The van der Waals surface area contributed by atoms with E-state index >= 15 is 0 Å². The molecular weight excluding hydrogens is 264 g/mol. The van der Waals surface area contributed by atoms with E-state index in [4.69, 9.17) is 10.00 Å². The summed E-state index contributed by atoms with van der Waals surface area (Å²) >= 11 is 0. The lowest BCUT2D eigenvalue weighted by molar-refractivity contribution is -0.116. The lowest BCUT2D eigenvalue weighted by Gasteiger charge is -2.07. The van der Waals surface area contributed by atoms with E-state index in [2.05, 4.69) is 4.98 Å². The number of hydrogen-bond acceptors (Lipinski definition) is 4. The van der Waals surface area contributed by atoms with E-state index in [1.165, 1.54) is 0 Å². The molecule has 1 heterocycles. The van der Waals surface area contributed by atoms with Gasteiger partial charge >= 0.3 is 0 Å². The summed E-state index contributed by atoms with van der Waals surface area (Å²) in [5.74, 6) is 0.957. The molecule has 4 nitrogen and oxygen atoms in total. The van der Waals surface area contributed by atoms with Crippen LogP contribution in [0, 0.1) is 11.3 Å². The number of rotatable bonds is 6. The highest BCUT2D eigenvalue weighted by molar-refractivity contribution is 5.75. The Hall–Kier alpha value is -2.67. The molecule has 0 fully saturated rings. The number of ether oxygens (including phenoxy) is 1. The number of ketones is 1. The third-order valence-electron chi connectivity index (χ3n) is 3.03. The van der Waals surface area contributed by atoms with E-state index < -0.39 is 0 Å². The van der Waals surface area contributed by atoms with Crippen LogP contribution in [0.4, 0.5) is 0 Å². The second-order valence-corrected chi connectivity index (χ2v) is 4.80. The molecule has 0 aliphatic carbocycles. The van der Waals surface area contributed by atoms with E-state index in [1.54, 1.807) is 19.2 Å². The van der Waals surface area contributed by atoms with Crippen molar-refractivity contribution in [2.75, 3.05) is 0 Å². The standard InChI is InChI=1S/C17H16N2O2/c1-13(20)2-3-14-4-6-17(7-5-14)21-12-15-8-9-19-16(10-15)11-18/h4-10H,2-3,12H2,1H3. The van der Waals surface area contributed by atoms with Crippen LogP contribution in [-0.2, 0) is 17.8 Å². The molecule has 0 aliphatic heterocycles. The molecule has 0 aliphatic rings. The van der Waals surface area contributed by atoms with Crippen molar-refractivity contribution in [3.05, 3.63) is 59.4 Å². The Morgan fingerprint density at radius 3 is 2.67 bits per heavy atom. The van der Waals surface area contributed by atoms with Gasteiger partial charge in [0.05, 0.1) is 0 Å². The van der Waals surface area contributed by atoms with Gasteiger partial charge in [-0.15, -0.1) is 0 Å². The van der Waals surface area contributed by atoms with E-state index in [9.17, 15) is 4.79 Å². The topological polar surface area (TPSA) is 63.0 Å². The van der Waals surface area contributed by atoms with Crippen LogP contribution in [0.15, 0.2) is 42.6 Å². The molecule has 0 radical (unpaired) electrons. The highest BCUT2D eigenvalue weighted by Crippen LogP contribution is 2.15. The van der Waals surface area contributed by atoms with Gasteiger partial charge < -0.3 is 9.53 Å². The zero-order chi connectivity index (χ0) is 15.1. The van der Waals surface area contributed by atoms with Gasteiger partial charge in [-0.05, 0) is 48.7 Å². The molecule has 1 aromatic carbocycles. The summed E-state index contributed by atoms with van der Waals surface area (Å²) in [4.78, 5) is 14.9. The van der Waals surface area contributed by atoms with Gasteiger partial charge in [0.1, 0.15) is 29.9 Å². The Bertz CT molecular complexity index is 657. The SMILES string of the molecule is CC(=O)CCc1ccc(OCc2ccnc(C#N)c2)cc1. The van der Waals surface area contributed by atoms with Crippen LogP contribution < -0.4 is 4.74 Å². The Kier molecular flexibility index (Phi) is 5.05. The van der Waals surface area contributed by atoms with Gasteiger partial charge in [0, 0.05) is 12.6 Å². The molecular formula is C17H16N2O2. The number of aromatic nitrogens is 1. The maximum atomic E-state index is 10.9. The summed E-state index contributed by atoms with van der Waals surface area (Å²) in [6.07, 6.45) is 2.92. The van der Waals surface area contributed by atoms with Crippen LogP contribution in [0.3, 0.4) is 0 Å². The van der Waals surface area contributed by atoms with Crippen molar-refractivity contribution in [1.82, 2.24) is 4.98 Å². The maximum Gasteiger partial charge on any atom is 0.140 e. The Morgan fingerprint density at radius 1 is 1.24 bits per heavy atom. The fraction of sp³-hybridized carbons (Fsp3) is 0.235. The van der Waals surface area contributed by atoms with Crippen LogP contribution in [0.1, 0.15) is 30.2 Å². The third-order valence-corrected chi connectivity index (χ3v) is 3.03. The van der Waals surface area contributed by atoms with Crippen LogP contribution >= 0.6 is 0 Å². The first-order valence-corrected chi connectivity index (χ1v) is 6.73. The summed E-state index contributed by atoms with van der Waals surface area (Å²) in [6, 6.07) is 13.2. The van der Waals surface area contributed by atoms with Gasteiger partial charge in [0.15, 0.2) is 0 Å². The number of nitrogens with zero attached hydrogens (tertiary/aromatic N) is 2. The lowest BCUT2D eigenvalue weighted by atomic mass is 10.1. The minimum atomic E-state index is 0.196. The maximum absolute atomic E-state index is 10.9. The van der Waals surface area contributed by atoms with Gasteiger partial charge in [0.25, 0.3) is 0 Å². The first kappa shape index (κ1) is 14.7. The smallest absolute Gasteiger partial charge is 0.140 e. The Balaban J connectivity index is 1.91. The zero-order valence-electron chi connectivity index (χ0n) is 11.9. The van der Waals surface area contributed by atoms with Gasteiger partial charge in [-0.3, -0.25) is 0 Å². The molecule has 0 saturated carbocycles. The molecule has 0 atom stereocenters. The van der Waals surface area contributed by atoms with Crippen molar-refractivity contribution in [3.8, 4) is 11.8 Å². The minimum absolute atomic E-state index is 0.196. The molecule has 0 saturated heterocycles.